The smallest absolute Gasteiger partial charge is 0.315 e. The van der Waals surface area contributed by atoms with Crippen LogP contribution in [0.2, 0.25) is 0 Å². The highest BCUT2D eigenvalue weighted by Crippen LogP contribution is 2.19. The van der Waals surface area contributed by atoms with Crippen LogP contribution in [0.25, 0.3) is 0 Å². The summed E-state index contributed by atoms with van der Waals surface area (Å²) >= 11 is 0. The summed E-state index contributed by atoms with van der Waals surface area (Å²) in [6.07, 6.45) is 0. The minimum Gasteiger partial charge on any atom is -0.334 e. The fourth-order valence-corrected chi connectivity index (χ4v) is 1.94. The molecule has 0 spiro atoms. The first-order chi connectivity index (χ1) is 9.20. The minimum absolute atomic E-state index is 0.0987. The molecule has 0 aliphatic carbocycles. The average molecular weight is 280 g/mol. The van der Waals surface area contributed by atoms with E-state index in [0.717, 1.165) is 0 Å². The Labute approximate surface area is 118 Å². The van der Waals surface area contributed by atoms with Crippen molar-refractivity contribution in [2.24, 2.45) is 5.41 Å². The number of Topliss-reactive ketones (excluding diaryl/α,β-unsaturated/α-hetero) is 1. The van der Waals surface area contributed by atoms with Crippen molar-refractivity contribution in [2.45, 2.75) is 40.3 Å². The molecule has 2 amide bonds. The normalized spacial score (nSPS) is 12.7. The fourth-order valence-electron chi connectivity index (χ4n) is 1.94. The summed E-state index contributed by atoms with van der Waals surface area (Å²) in [6, 6.07) is 4.99. The molecule has 1 unspecified atom stereocenters. The van der Waals surface area contributed by atoms with Gasteiger partial charge in [-0.2, -0.15) is 0 Å². The summed E-state index contributed by atoms with van der Waals surface area (Å²) < 4.78 is 13.0. The molecule has 0 radical (unpaired) electrons. The number of halogens is 1. The van der Waals surface area contributed by atoms with Gasteiger partial charge in [-0.3, -0.25) is 4.79 Å². The molecule has 0 saturated carbocycles. The van der Waals surface area contributed by atoms with Gasteiger partial charge >= 0.3 is 6.03 Å². The van der Waals surface area contributed by atoms with Gasteiger partial charge in [0.15, 0.2) is 5.78 Å². The summed E-state index contributed by atoms with van der Waals surface area (Å²) in [5.41, 5.74) is 0.303. The molecule has 0 aliphatic heterocycles. The van der Waals surface area contributed by atoms with E-state index in [4.69, 9.17) is 0 Å². The molecule has 0 fully saturated rings. The number of urea groups is 1. The number of carbonyl (C=O) groups excluding carboxylic acids is 2. The zero-order valence-electron chi connectivity index (χ0n) is 12.3. The van der Waals surface area contributed by atoms with E-state index in [1.54, 1.807) is 12.1 Å². The van der Waals surface area contributed by atoms with Crippen LogP contribution >= 0.6 is 0 Å². The molecule has 4 nitrogen and oxygen atoms in total. The third-order valence-electron chi connectivity index (χ3n) is 2.89. The molecule has 110 valence electrons. The molecule has 1 aromatic carbocycles. The van der Waals surface area contributed by atoms with Gasteiger partial charge < -0.3 is 10.6 Å². The zero-order valence-corrected chi connectivity index (χ0v) is 12.3. The van der Waals surface area contributed by atoms with Crippen LogP contribution in [0.4, 0.5) is 9.18 Å². The fraction of sp³-hybridized carbons (Fsp3) is 0.467. The molecule has 5 heteroatoms. The SMILES string of the molecule is CC(=O)C(NC(=O)NCc1cccc(F)c1)C(C)(C)C. The highest BCUT2D eigenvalue weighted by molar-refractivity contribution is 5.87. The first kappa shape index (κ1) is 16.1. The maximum Gasteiger partial charge on any atom is 0.315 e. The van der Waals surface area contributed by atoms with Crippen LogP contribution < -0.4 is 10.6 Å². The second-order valence-corrected chi connectivity index (χ2v) is 5.87. The Morgan fingerprint density at radius 2 is 1.95 bits per heavy atom. The Balaban J connectivity index is 2.57. The number of rotatable bonds is 4. The first-order valence-corrected chi connectivity index (χ1v) is 6.49. The van der Waals surface area contributed by atoms with Crippen molar-refractivity contribution in [3.63, 3.8) is 0 Å². The summed E-state index contributed by atoms with van der Waals surface area (Å²) in [7, 11) is 0. The molecule has 2 N–H and O–H groups in total. The first-order valence-electron chi connectivity index (χ1n) is 6.49. The summed E-state index contributed by atoms with van der Waals surface area (Å²) in [4.78, 5) is 23.3. The Kier molecular flexibility index (Phi) is 5.25. The van der Waals surface area contributed by atoms with E-state index in [2.05, 4.69) is 10.6 Å². The Morgan fingerprint density at radius 1 is 1.30 bits per heavy atom. The van der Waals surface area contributed by atoms with Crippen molar-refractivity contribution >= 4 is 11.8 Å². The van der Waals surface area contributed by atoms with Gasteiger partial charge in [-0.1, -0.05) is 32.9 Å². The number of hydrogen-bond donors (Lipinski definition) is 2. The Bertz CT molecular complexity index is 495. The Hall–Kier alpha value is -1.91. The lowest BCUT2D eigenvalue weighted by atomic mass is 9.84. The predicted octanol–water partition coefficient (Wildman–Crippen LogP) is 2.63. The van der Waals surface area contributed by atoms with Crippen molar-refractivity contribution in [1.29, 1.82) is 0 Å². The molecule has 0 heterocycles. The number of amides is 2. The largest absolute Gasteiger partial charge is 0.334 e. The monoisotopic (exact) mass is 280 g/mol. The van der Waals surface area contributed by atoms with E-state index in [-0.39, 0.29) is 23.6 Å². The topological polar surface area (TPSA) is 58.2 Å². The van der Waals surface area contributed by atoms with E-state index >= 15 is 0 Å². The van der Waals surface area contributed by atoms with E-state index in [1.165, 1.54) is 19.1 Å². The number of ketones is 1. The van der Waals surface area contributed by atoms with Crippen molar-refractivity contribution in [3.8, 4) is 0 Å². The van der Waals surface area contributed by atoms with Crippen molar-refractivity contribution < 1.29 is 14.0 Å². The molecular formula is C15H21FN2O2. The van der Waals surface area contributed by atoms with E-state index in [9.17, 15) is 14.0 Å². The second-order valence-electron chi connectivity index (χ2n) is 5.87. The van der Waals surface area contributed by atoms with Gasteiger partial charge in [0.1, 0.15) is 5.82 Å². The molecule has 20 heavy (non-hydrogen) atoms. The number of benzene rings is 1. The molecule has 0 aliphatic rings. The second kappa shape index (κ2) is 6.50. The van der Waals surface area contributed by atoms with Gasteiger partial charge in [-0.15, -0.1) is 0 Å². The van der Waals surface area contributed by atoms with Gasteiger partial charge in [-0.25, -0.2) is 9.18 Å². The van der Waals surface area contributed by atoms with Crippen LogP contribution in [-0.2, 0) is 11.3 Å². The van der Waals surface area contributed by atoms with Crippen LogP contribution in [0.15, 0.2) is 24.3 Å². The van der Waals surface area contributed by atoms with Gasteiger partial charge in [0, 0.05) is 6.54 Å². The average Bonchev–Trinajstić information content (AvgIpc) is 2.31. The summed E-state index contributed by atoms with van der Waals surface area (Å²) in [5, 5.41) is 5.26. The molecule has 0 saturated heterocycles. The van der Waals surface area contributed by atoms with Crippen molar-refractivity contribution in [2.75, 3.05) is 0 Å². The minimum atomic E-state index is -0.560. The van der Waals surface area contributed by atoms with E-state index in [1.807, 2.05) is 20.8 Å². The van der Waals surface area contributed by atoms with Crippen LogP contribution in [-0.4, -0.2) is 17.9 Å². The summed E-state index contributed by atoms with van der Waals surface area (Å²) in [6.45, 7) is 7.30. The van der Waals surface area contributed by atoms with Crippen LogP contribution in [0.1, 0.15) is 33.3 Å². The zero-order chi connectivity index (χ0) is 15.3. The summed E-state index contributed by atoms with van der Waals surface area (Å²) in [5.74, 6) is -0.445. The van der Waals surface area contributed by atoms with Crippen LogP contribution in [0.3, 0.4) is 0 Å². The molecule has 0 aromatic heterocycles. The number of carbonyl (C=O) groups is 2. The maximum absolute atomic E-state index is 13.0. The molecule has 0 bridgehead atoms. The van der Waals surface area contributed by atoms with Crippen molar-refractivity contribution in [1.82, 2.24) is 10.6 Å². The van der Waals surface area contributed by atoms with Gasteiger partial charge in [0.25, 0.3) is 0 Å². The van der Waals surface area contributed by atoms with E-state index in [0.29, 0.717) is 5.56 Å². The Morgan fingerprint density at radius 3 is 2.45 bits per heavy atom. The van der Waals surface area contributed by atoms with Gasteiger partial charge in [-0.05, 0) is 30.0 Å². The lowest BCUT2D eigenvalue weighted by Gasteiger charge is -2.29. The number of hydrogen-bond acceptors (Lipinski definition) is 2. The quantitative estimate of drug-likeness (QED) is 0.890. The molecule has 1 aromatic rings. The standard InChI is InChI=1S/C15H21FN2O2/c1-10(19)13(15(2,3)4)18-14(20)17-9-11-6-5-7-12(16)8-11/h5-8,13H,9H2,1-4H3,(H2,17,18,20). The van der Waals surface area contributed by atoms with Crippen molar-refractivity contribution in [3.05, 3.63) is 35.6 Å². The molecular weight excluding hydrogens is 259 g/mol. The molecule has 1 rings (SSSR count). The van der Waals surface area contributed by atoms with Crippen LogP contribution in [0.5, 0.6) is 0 Å². The van der Waals surface area contributed by atoms with Gasteiger partial charge in [0.05, 0.1) is 6.04 Å². The van der Waals surface area contributed by atoms with E-state index < -0.39 is 12.1 Å². The third-order valence-corrected chi connectivity index (χ3v) is 2.89. The lowest BCUT2D eigenvalue weighted by molar-refractivity contribution is -0.121. The highest BCUT2D eigenvalue weighted by Gasteiger charge is 2.29. The van der Waals surface area contributed by atoms with Crippen LogP contribution in [0, 0.1) is 11.2 Å². The van der Waals surface area contributed by atoms with Gasteiger partial charge in [0.2, 0.25) is 0 Å². The maximum atomic E-state index is 13.0. The lowest BCUT2D eigenvalue weighted by Crippen LogP contribution is -2.51. The predicted molar refractivity (Wildman–Crippen MR) is 75.7 cm³/mol. The highest BCUT2D eigenvalue weighted by atomic mass is 19.1. The molecule has 1 atom stereocenters. The third kappa shape index (κ3) is 4.99. The number of nitrogens with one attached hydrogen (secondary N) is 2.